The lowest BCUT2D eigenvalue weighted by atomic mass is 10.0. The number of amides is 2. The average molecular weight is 323 g/mol. The van der Waals surface area contributed by atoms with Crippen LogP contribution in [-0.2, 0) is 22.4 Å². The summed E-state index contributed by atoms with van der Waals surface area (Å²) in [7, 11) is 0. The van der Waals surface area contributed by atoms with E-state index in [0.717, 1.165) is 24.8 Å². The first-order valence-corrected chi connectivity index (χ1v) is 8.19. The third kappa shape index (κ3) is 3.98. The van der Waals surface area contributed by atoms with Crippen LogP contribution in [0.2, 0.25) is 0 Å². The summed E-state index contributed by atoms with van der Waals surface area (Å²) < 4.78 is 0. The molecule has 5 heteroatoms. The van der Waals surface area contributed by atoms with Crippen LogP contribution in [0.5, 0.6) is 0 Å². The zero-order valence-electron chi connectivity index (χ0n) is 13.7. The lowest BCUT2D eigenvalue weighted by Crippen LogP contribution is -2.36. The molecule has 0 aliphatic heterocycles. The monoisotopic (exact) mass is 323 g/mol. The Labute approximate surface area is 141 Å². The average Bonchev–Trinajstić information content (AvgIpc) is 2.97. The second kappa shape index (κ2) is 7.25. The number of anilines is 1. The standard InChI is InChI=1S/C19H21N3O2/c1-13-8-17(12-20-11-13)22-19(24)18(23)21-7-6-14-9-15-4-2-3-5-16(15)10-14/h2-5,8,11-12,14H,6-7,9-10H2,1H3,(H,21,23)(H,22,24). The molecule has 1 aliphatic rings. The van der Waals surface area contributed by atoms with Crippen molar-refractivity contribution < 1.29 is 9.59 Å². The molecule has 0 spiro atoms. The number of nitrogens with one attached hydrogen (secondary N) is 2. The number of pyridine rings is 1. The van der Waals surface area contributed by atoms with Gasteiger partial charge in [0.05, 0.1) is 11.9 Å². The van der Waals surface area contributed by atoms with Crippen molar-refractivity contribution in [1.82, 2.24) is 10.3 Å². The summed E-state index contributed by atoms with van der Waals surface area (Å²) in [6.45, 7) is 2.39. The Kier molecular flexibility index (Phi) is 4.89. The van der Waals surface area contributed by atoms with Crippen LogP contribution in [0.3, 0.4) is 0 Å². The van der Waals surface area contributed by atoms with Crippen LogP contribution in [0.1, 0.15) is 23.1 Å². The van der Waals surface area contributed by atoms with Gasteiger partial charge in [-0.15, -0.1) is 0 Å². The molecule has 0 atom stereocenters. The van der Waals surface area contributed by atoms with Gasteiger partial charge < -0.3 is 10.6 Å². The van der Waals surface area contributed by atoms with E-state index < -0.39 is 11.8 Å². The molecule has 0 saturated carbocycles. The van der Waals surface area contributed by atoms with E-state index in [-0.39, 0.29) is 0 Å². The fraction of sp³-hybridized carbons (Fsp3) is 0.316. The first kappa shape index (κ1) is 16.2. The molecule has 0 saturated heterocycles. The van der Waals surface area contributed by atoms with Crippen LogP contribution < -0.4 is 10.6 Å². The number of hydrogen-bond donors (Lipinski definition) is 2. The topological polar surface area (TPSA) is 71.1 Å². The van der Waals surface area contributed by atoms with E-state index in [4.69, 9.17) is 0 Å². The van der Waals surface area contributed by atoms with E-state index in [0.29, 0.717) is 18.2 Å². The predicted molar refractivity (Wildman–Crippen MR) is 92.6 cm³/mol. The molecule has 5 nitrogen and oxygen atoms in total. The molecule has 1 aromatic carbocycles. The predicted octanol–water partition coefficient (Wildman–Crippen LogP) is 2.25. The van der Waals surface area contributed by atoms with Crippen LogP contribution in [-0.4, -0.2) is 23.3 Å². The van der Waals surface area contributed by atoms with Gasteiger partial charge in [0, 0.05) is 12.7 Å². The van der Waals surface area contributed by atoms with Crippen molar-refractivity contribution in [3.63, 3.8) is 0 Å². The highest BCUT2D eigenvalue weighted by Crippen LogP contribution is 2.28. The van der Waals surface area contributed by atoms with E-state index in [2.05, 4.69) is 39.9 Å². The van der Waals surface area contributed by atoms with Gasteiger partial charge in [-0.3, -0.25) is 14.6 Å². The fourth-order valence-corrected chi connectivity index (χ4v) is 3.14. The Morgan fingerprint density at radius 3 is 2.50 bits per heavy atom. The summed E-state index contributed by atoms with van der Waals surface area (Å²) in [4.78, 5) is 27.7. The van der Waals surface area contributed by atoms with E-state index in [9.17, 15) is 9.59 Å². The normalized spacial score (nSPS) is 13.4. The van der Waals surface area contributed by atoms with Crippen LogP contribution in [0.4, 0.5) is 5.69 Å². The maximum Gasteiger partial charge on any atom is 0.313 e. The molecule has 1 aromatic heterocycles. The smallest absolute Gasteiger partial charge is 0.313 e. The molecule has 0 bridgehead atoms. The third-order valence-electron chi connectivity index (χ3n) is 4.31. The van der Waals surface area contributed by atoms with Gasteiger partial charge in [0.15, 0.2) is 0 Å². The molecule has 24 heavy (non-hydrogen) atoms. The van der Waals surface area contributed by atoms with Gasteiger partial charge >= 0.3 is 11.8 Å². The van der Waals surface area contributed by atoms with Crippen LogP contribution in [0.15, 0.2) is 42.7 Å². The fourth-order valence-electron chi connectivity index (χ4n) is 3.14. The molecule has 1 aliphatic carbocycles. The Hall–Kier alpha value is -2.69. The molecular weight excluding hydrogens is 302 g/mol. The molecule has 3 rings (SSSR count). The lowest BCUT2D eigenvalue weighted by molar-refractivity contribution is -0.136. The van der Waals surface area contributed by atoms with Crippen molar-refractivity contribution in [2.24, 2.45) is 5.92 Å². The van der Waals surface area contributed by atoms with Crippen molar-refractivity contribution in [2.45, 2.75) is 26.2 Å². The molecule has 2 N–H and O–H groups in total. The number of benzene rings is 1. The van der Waals surface area contributed by atoms with E-state index in [1.807, 2.05) is 6.92 Å². The van der Waals surface area contributed by atoms with Gasteiger partial charge in [0.2, 0.25) is 0 Å². The Bertz CT molecular complexity index is 733. The SMILES string of the molecule is Cc1cncc(NC(=O)C(=O)NCCC2Cc3ccccc3C2)c1. The van der Waals surface area contributed by atoms with E-state index >= 15 is 0 Å². The molecule has 124 valence electrons. The number of rotatable bonds is 4. The van der Waals surface area contributed by atoms with Crippen molar-refractivity contribution in [1.29, 1.82) is 0 Å². The lowest BCUT2D eigenvalue weighted by Gasteiger charge is -2.10. The van der Waals surface area contributed by atoms with Crippen LogP contribution in [0, 0.1) is 12.8 Å². The minimum absolute atomic E-state index is 0.511. The maximum atomic E-state index is 11.9. The first-order chi connectivity index (χ1) is 11.6. The van der Waals surface area contributed by atoms with Gasteiger partial charge in [-0.2, -0.15) is 0 Å². The molecule has 0 radical (unpaired) electrons. The second-order valence-corrected chi connectivity index (χ2v) is 6.29. The summed E-state index contributed by atoms with van der Waals surface area (Å²) in [5.74, 6) is -0.726. The summed E-state index contributed by atoms with van der Waals surface area (Å²) in [6.07, 6.45) is 6.18. The number of carbonyl (C=O) groups excluding carboxylic acids is 2. The zero-order valence-corrected chi connectivity index (χ0v) is 13.7. The third-order valence-corrected chi connectivity index (χ3v) is 4.31. The maximum absolute atomic E-state index is 11.9. The van der Waals surface area contributed by atoms with Gasteiger partial charge in [0.25, 0.3) is 0 Å². The summed E-state index contributed by atoms with van der Waals surface area (Å²) in [5.41, 5.74) is 4.26. The van der Waals surface area contributed by atoms with E-state index in [1.54, 1.807) is 12.3 Å². The van der Waals surface area contributed by atoms with Gasteiger partial charge in [-0.25, -0.2) is 0 Å². The Balaban J connectivity index is 1.42. The summed E-state index contributed by atoms with van der Waals surface area (Å²) in [6, 6.07) is 10.2. The quantitative estimate of drug-likeness (QED) is 0.848. The van der Waals surface area contributed by atoms with Crippen LogP contribution >= 0.6 is 0 Å². The zero-order chi connectivity index (χ0) is 16.9. The molecule has 2 aromatic rings. The van der Waals surface area contributed by atoms with Crippen molar-refractivity contribution in [3.8, 4) is 0 Å². The Morgan fingerprint density at radius 1 is 1.12 bits per heavy atom. The van der Waals surface area contributed by atoms with Gasteiger partial charge in [-0.05, 0) is 54.9 Å². The summed E-state index contributed by atoms with van der Waals surface area (Å²) in [5, 5.41) is 5.26. The highest BCUT2D eigenvalue weighted by Gasteiger charge is 2.21. The number of fused-ring (bicyclic) bond motifs is 1. The molecule has 1 heterocycles. The second-order valence-electron chi connectivity index (χ2n) is 6.29. The minimum atomic E-state index is -0.655. The Morgan fingerprint density at radius 2 is 1.83 bits per heavy atom. The van der Waals surface area contributed by atoms with E-state index in [1.165, 1.54) is 17.3 Å². The highest BCUT2D eigenvalue weighted by atomic mass is 16.2. The van der Waals surface area contributed by atoms with Gasteiger partial charge in [0.1, 0.15) is 0 Å². The largest absolute Gasteiger partial charge is 0.348 e. The molecular formula is C19H21N3O2. The number of hydrogen-bond acceptors (Lipinski definition) is 3. The summed E-state index contributed by atoms with van der Waals surface area (Å²) >= 11 is 0. The molecule has 2 amide bonds. The van der Waals surface area contributed by atoms with Crippen molar-refractivity contribution >= 4 is 17.5 Å². The number of carbonyl (C=O) groups is 2. The molecule has 0 fully saturated rings. The minimum Gasteiger partial charge on any atom is -0.348 e. The van der Waals surface area contributed by atoms with Crippen molar-refractivity contribution in [2.75, 3.05) is 11.9 Å². The molecule has 0 unspecified atom stereocenters. The van der Waals surface area contributed by atoms with Gasteiger partial charge in [-0.1, -0.05) is 24.3 Å². The van der Waals surface area contributed by atoms with Crippen molar-refractivity contribution in [3.05, 3.63) is 59.4 Å². The number of nitrogens with zero attached hydrogens (tertiary/aromatic N) is 1. The number of aromatic nitrogens is 1. The highest BCUT2D eigenvalue weighted by molar-refractivity contribution is 6.39. The van der Waals surface area contributed by atoms with Crippen LogP contribution in [0.25, 0.3) is 0 Å². The number of aryl methyl sites for hydroxylation is 1. The first-order valence-electron chi connectivity index (χ1n) is 8.19.